The monoisotopic (exact) mass is 250 g/mol. The fourth-order valence-electron chi connectivity index (χ4n) is 1.17. The zero-order chi connectivity index (χ0) is 11.7. The summed E-state index contributed by atoms with van der Waals surface area (Å²) >= 11 is 0. The van der Waals surface area contributed by atoms with Gasteiger partial charge >= 0.3 is 5.97 Å². The first kappa shape index (κ1) is 17.3. The van der Waals surface area contributed by atoms with E-state index in [1.807, 2.05) is 6.92 Å². The summed E-state index contributed by atoms with van der Waals surface area (Å²) in [4.78, 5) is 23.4. The largest absolute Gasteiger partial charge is 0.480 e. The van der Waals surface area contributed by atoms with Crippen LogP contribution in [0.1, 0.15) is 13.3 Å². The smallest absolute Gasteiger partial charge is 0.317 e. The molecule has 0 saturated heterocycles. The van der Waals surface area contributed by atoms with E-state index in [4.69, 9.17) is 5.11 Å². The molecule has 5 nitrogen and oxygen atoms in total. The van der Waals surface area contributed by atoms with E-state index >= 15 is 0 Å². The van der Waals surface area contributed by atoms with Gasteiger partial charge in [-0.1, -0.05) is 13.0 Å². The van der Waals surface area contributed by atoms with Gasteiger partial charge in [0.2, 0.25) is 5.91 Å². The zero-order valence-corrected chi connectivity index (χ0v) is 10.3. The van der Waals surface area contributed by atoms with Gasteiger partial charge in [-0.2, -0.15) is 0 Å². The Labute approximate surface area is 102 Å². The molecule has 0 spiro atoms. The first-order valence-corrected chi connectivity index (χ1v) is 4.91. The average molecular weight is 251 g/mol. The fourth-order valence-corrected chi connectivity index (χ4v) is 1.17. The van der Waals surface area contributed by atoms with Gasteiger partial charge in [-0.25, -0.2) is 0 Å². The van der Waals surface area contributed by atoms with Gasteiger partial charge < -0.3 is 10.4 Å². The van der Waals surface area contributed by atoms with Crippen LogP contribution in [0.5, 0.6) is 0 Å². The molecule has 6 heteroatoms. The Bertz CT molecular complexity index is 234. The topological polar surface area (TPSA) is 69.6 Å². The normalized spacial score (nSPS) is 9.38. The minimum Gasteiger partial charge on any atom is -0.480 e. The molecule has 0 aromatic carbocycles. The zero-order valence-electron chi connectivity index (χ0n) is 9.44. The van der Waals surface area contributed by atoms with Crippen LogP contribution in [0.4, 0.5) is 0 Å². The van der Waals surface area contributed by atoms with Crippen LogP contribution < -0.4 is 5.32 Å². The number of nitrogens with zero attached hydrogens (tertiary/aromatic N) is 1. The molecular formula is C10H19ClN2O3. The van der Waals surface area contributed by atoms with Crippen molar-refractivity contribution in [1.82, 2.24) is 10.2 Å². The van der Waals surface area contributed by atoms with Gasteiger partial charge in [0, 0.05) is 6.54 Å². The molecule has 1 amide bonds. The van der Waals surface area contributed by atoms with E-state index in [0.29, 0.717) is 13.1 Å². The van der Waals surface area contributed by atoms with Gasteiger partial charge in [-0.15, -0.1) is 19.0 Å². The molecule has 0 heterocycles. The van der Waals surface area contributed by atoms with E-state index in [1.54, 1.807) is 11.0 Å². The number of hydrogen-bond donors (Lipinski definition) is 2. The molecule has 0 aromatic heterocycles. The second-order valence-corrected chi connectivity index (χ2v) is 3.20. The summed E-state index contributed by atoms with van der Waals surface area (Å²) in [6.45, 7) is 6.45. The molecular weight excluding hydrogens is 232 g/mol. The number of carbonyl (C=O) groups is 2. The molecule has 0 aliphatic carbocycles. The van der Waals surface area contributed by atoms with Crippen LogP contribution in [0.2, 0.25) is 0 Å². The maximum absolute atomic E-state index is 11.3. The molecule has 0 rings (SSSR count). The lowest BCUT2D eigenvalue weighted by Crippen LogP contribution is -2.40. The molecule has 0 atom stereocenters. The molecule has 0 radical (unpaired) electrons. The molecule has 0 saturated carbocycles. The number of carbonyl (C=O) groups excluding carboxylic acids is 1. The van der Waals surface area contributed by atoms with Crippen molar-refractivity contribution in [1.29, 1.82) is 0 Å². The Morgan fingerprint density at radius 2 is 2.06 bits per heavy atom. The van der Waals surface area contributed by atoms with E-state index in [0.717, 1.165) is 6.42 Å². The van der Waals surface area contributed by atoms with E-state index in [-0.39, 0.29) is 31.4 Å². The maximum atomic E-state index is 11.3. The van der Waals surface area contributed by atoms with Gasteiger partial charge in [0.15, 0.2) is 0 Å². The predicted molar refractivity (Wildman–Crippen MR) is 64.8 cm³/mol. The first-order chi connectivity index (χ1) is 7.10. The maximum Gasteiger partial charge on any atom is 0.317 e. The van der Waals surface area contributed by atoms with Crippen molar-refractivity contribution in [3.63, 3.8) is 0 Å². The number of aliphatic carboxylic acids is 1. The lowest BCUT2D eigenvalue weighted by molar-refractivity contribution is -0.138. The van der Waals surface area contributed by atoms with Crippen molar-refractivity contribution < 1.29 is 14.7 Å². The molecule has 2 N–H and O–H groups in total. The third-order valence-electron chi connectivity index (χ3n) is 1.71. The van der Waals surface area contributed by atoms with Gasteiger partial charge in [0.25, 0.3) is 0 Å². The number of hydrogen-bond acceptors (Lipinski definition) is 3. The Hall–Kier alpha value is -1.07. The van der Waals surface area contributed by atoms with Crippen LogP contribution in [-0.2, 0) is 9.59 Å². The lowest BCUT2D eigenvalue weighted by Gasteiger charge is -2.18. The van der Waals surface area contributed by atoms with Crippen LogP contribution in [0.25, 0.3) is 0 Å². The van der Waals surface area contributed by atoms with Crippen LogP contribution in [0, 0.1) is 0 Å². The molecule has 0 aromatic rings. The van der Waals surface area contributed by atoms with Crippen molar-refractivity contribution in [2.24, 2.45) is 0 Å². The highest BCUT2D eigenvalue weighted by molar-refractivity contribution is 5.85. The molecule has 0 aliphatic heterocycles. The number of rotatable bonds is 8. The number of carboxylic acids is 1. The third kappa shape index (κ3) is 9.48. The summed E-state index contributed by atoms with van der Waals surface area (Å²) in [5.74, 6) is -1.09. The summed E-state index contributed by atoms with van der Waals surface area (Å²) in [7, 11) is 0. The highest BCUT2D eigenvalue weighted by Gasteiger charge is 2.12. The second kappa shape index (κ2) is 10.4. The number of halogens is 1. The van der Waals surface area contributed by atoms with Crippen LogP contribution in [0.15, 0.2) is 12.7 Å². The minimum absolute atomic E-state index is 0. The quantitative estimate of drug-likeness (QED) is 0.616. The summed E-state index contributed by atoms with van der Waals surface area (Å²) in [5.41, 5.74) is 0. The van der Waals surface area contributed by atoms with Crippen molar-refractivity contribution in [3.8, 4) is 0 Å². The van der Waals surface area contributed by atoms with E-state index in [9.17, 15) is 9.59 Å². The predicted octanol–water partition coefficient (Wildman–Crippen LogP) is 0.507. The Morgan fingerprint density at radius 1 is 1.44 bits per heavy atom. The molecule has 0 aliphatic rings. The van der Waals surface area contributed by atoms with E-state index in [2.05, 4.69) is 11.9 Å². The van der Waals surface area contributed by atoms with Crippen molar-refractivity contribution >= 4 is 24.3 Å². The Morgan fingerprint density at radius 3 is 2.50 bits per heavy atom. The van der Waals surface area contributed by atoms with E-state index in [1.165, 1.54) is 0 Å². The number of carboxylic acid groups (broad SMARTS) is 1. The van der Waals surface area contributed by atoms with Gasteiger partial charge in [-0.3, -0.25) is 14.5 Å². The van der Waals surface area contributed by atoms with Crippen molar-refractivity contribution in [2.45, 2.75) is 13.3 Å². The van der Waals surface area contributed by atoms with Gasteiger partial charge in [0.05, 0.1) is 13.1 Å². The minimum atomic E-state index is -0.917. The Kier molecular flexibility index (Phi) is 11.3. The summed E-state index contributed by atoms with van der Waals surface area (Å²) in [5, 5.41) is 11.2. The fraction of sp³-hybridized carbons (Fsp3) is 0.600. The molecule has 0 unspecified atom stereocenters. The number of amides is 1. The third-order valence-corrected chi connectivity index (χ3v) is 1.71. The average Bonchev–Trinajstić information content (AvgIpc) is 2.14. The molecule has 0 fully saturated rings. The SMILES string of the molecule is C=CCNC(=O)CN(CCC)CC(=O)O.Cl. The van der Waals surface area contributed by atoms with Crippen LogP contribution >= 0.6 is 12.4 Å². The summed E-state index contributed by atoms with van der Waals surface area (Å²) in [6.07, 6.45) is 2.40. The first-order valence-electron chi connectivity index (χ1n) is 4.91. The van der Waals surface area contributed by atoms with Crippen molar-refractivity contribution in [3.05, 3.63) is 12.7 Å². The second-order valence-electron chi connectivity index (χ2n) is 3.20. The van der Waals surface area contributed by atoms with Crippen LogP contribution in [0.3, 0.4) is 0 Å². The van der Waals surface area contributed by atoms with E-state index < -0.39 is 5.97 Å². The molecule has 16 heavy (non-hydrogen) atoms. The van der Waals surface area contributed by atoms with Gasteiger partial charge in [0.1, 0.15) is 0 Å². The Balaban J connectivity index is 0. The highest BCUT2D eigenvalue weighted by atomic mass is 35.5. The summed E-state index contributed by atoms with van der Waals surface area (Å²) < 4.78 is 0. The lowest BCUT2D eigenvalue weighted by atomic mass is 10.3. The van der Waals surface area contributed by atoms with Gasteiger partial charge in [-0.05, 0) is 13.0 Å². The number of nitrogens with one attached hydrogen (secondary N) is 1. The highest BCUT2D eigenvalue weighted by Crippen LogP contribution is 1.91. The summed E-state index contributed by atoms with van der Waals surface area (Å²) in [6, 6.07) is 0. The molecule has 0 bridgehead atoms. The standard InChI is InChI=1S/C10H18N2O3.ClH/c1-3-5-11-9(13)7-12(6-4-2)8-10(14)15;/h3H,1,4-8H2,2H3,(H,11,13)(H,14,15);1H. The van der Waals surface area contributed by atoms with Crippen LogP contribution in [-0.4, -0.2) is 48.1 Å². The molecule has 94 valence electrons. The van der Waals surface area contributed by atoms with Crippen molar-refractivity contribution in [2.75, 3.05) is 26.2 Å².